The molecule has 0 aliphatic carbocycles. The zero-order valence-corrected chi connectivity index (χ0v) is 9.31. The number of aryl methyl sites for hydroxylation is 1. The number of anilines is 1. The molecule has 0 atom stereocenters. The number of nitrogens with one attached hydrogen (secondary N) is 1. The average molecular weight is 218 g/mol. The van der Waals surface area contributed by atoms with E-state index in [2.05, 4.69) is 46.2 Å². The van der Waals surface area contributed by atoms with Crippen molar-refractivity contribution in [1.82, 2.24) is 5.16 Å². The number of carbonyl (C=O) groups is 1. The predicted octanol–water partition coefficient (Wildman–Crippen LogP) is 2.52. The van der Waals surface area contributed by atoms with Crippen molar-refractivity contribution in [3.05, 3.63) is 47.9 Å². The van der Waals surface area contributed by atoms with Gasteiger partial charge in [-0.05, 0) is 19.1 Å². The maximum Gasteiger partial charge on any atom is 0.199 e. The minimum Gasteiger partial charge on any atom is -0.388 e. The Hall–Kier alpha value is -2.10. The maximum absolute atomic E-state index is 9.73. The number of benzene rings is 1. The molecule has 0 bridgehead atoms. The molecule has 2 rings (SSSR count). The lowest BCUT2D eigenvalue weighted by Gasteiger charge is -1.97. The molecular formula is C12H14N2O2. The Labute approximate surface area is 94.3 Å². The molecule has 4 nitrogen and oxygen atoms in total. The standard InChI is InChI=1S/C8H11N.C4H3NO2/c1-7-3-5-8(9-2)6-4-7;6-3-4-1-2-5-7-4/h3-6,9H,1-2H3;1-3H. The minimum atomic E-state index is 0.264. The van der Waals surface area contributed by atoms with Gasteiger partial charge in [0.05, 0.1) is 6.20 Å². The molecule has 0 amide bonds. The fraction of sp³-hybridized carbons (Fsp3) is 0.167. The van der Waals surface area contributed by atoms with E-state index in [-0.39, 0.29) is 5.76 Å². The molecule has 0 saturated carbocycles. The molecule has 0 saturated heterocycles. The van der Waals surface area contributed by atoms with Crippen molar-refractivity contribution >= 4 is 12.0 Å². The summed E-state index contributed by atoms with van der Waals surface area (Å²) in [5, 5.41) is 6.34. The highest BCUT2D eigenvalue weighted by Crippen LogP contribution is 2.06. The molecule has 0 fully saturated rings. The monoisotopic (exact) mass is 218 g/mol. The van der Waals surface area contributed by atoms with Crippen LogP contribution in [0.1, 0.15) is 16.1 Å². The molecule has 84 valence electrons. The third-order valence-electron chi connectivity index (χ3n) is 1.91. The first kappa shape index (κ1) is 12.0. The van der Waals surface area contributed by atoms with Crippen molar-refractivity contribution < 1.29 is 9.32 Å². The van der Waals surface area contributed by atoms with E-state index in [0.29, 0.717) is 6.29 Å². The van der Waals surface area contributed by atoms with Gasteiger partial charge in [0.1, 0.15) is 0 Å². The first-order chi connectivity index (χ1) is 7.76. The zero-order chi connectivity index (χ0) is 11.8. The van der Waals surface area contributed by atoms with Crippen LogP contribution in [0, 0.1) is 6.92 Å². The number of hydrogen-bond acceptors (Lipinski definition) is 4. The number of aromatic nitrogens is 1. The Kier molecular flexibility index (Phi) is 4.79. The van der Waals surface area contributed by atoms with Gasteiger partial charge < -0.3 is 9.84 Å². The molecule has 1 N–H and O–H groups in total. The summed E-state index contributed by atoms with van der Waals surface area (Å²) < 4.78 is 4.36. The largest absolute Gasteiger partial charge is 0.388 e. The van der Waals surface area contributed by atoms with E-state index in [4.69, 9.17) is 0 Å². The zero-order valence-electron chi connectivity index (χ0n) is 9.31. The lowest BCUT2D eigenvalue weighted by Crippen LogP contribution is -1.85. The van der Waals surface area contributed by atoms with E-state index < -0.39 is 0 Å². The second-order valence-electron chi connectivity index (χ2n) is 3.15. The molecule has 0 spiro atoms. The molecule has 4 heteroatoms. The summed E-state index contributed by atoms with van der Waals surface area (Å²) in [7, 11) is 1.92. The van der Waals surface area contributed by atoms with E-state index >= 15 is 0 Å². The Morgan fingerprint density at radius 2 is 1.94 bits per heavy atom. The summed E-state index contributed by atoms with van der Waals surface area (Å²) in [5.41, 5.74) is 2.47. The van der Waals surface area contributed by atoms with Gasteiger partial charge in [0.2, 0.25) is 0 Å². The van der Waals surface area contributed by atoms with Gasteiger partial charge in [0.25, 0.3) is 0 Å². The van der Waals surface area contributed by atoms with Crippen LogP contribution in [0.25, 0.3) is 0 Å². The maximum atomic E-state index is 9.73. The Balaban J connectivity index is 0.000000165. The summed E-state index contributed by atoms with van der Waals surface area (Å²) in [6.45, 7) is 2.08. The molecule has 0 aliphatic heterocycles. The molecular weight excluding hydrogens is 204 g/mol. The lowest BCUT2D eigenvalue weighted by atomic mass is 10.2. The highest BCUT2D eigenvalue weighted by molar-refractivity contribution is 5.69. The first-order valence-electron chi connectivity index (χ1n) is 4.86. The number of hydrogen-bond donors (Lipinski definition) is 1. The normalized spacial score (nSPS) is 8.88. The molecule has 0 radical (unpaired) electrons. The quantitative estimate of drug-likeness (QED) is 0.787. The van der Waals surface area contributed by atoms with Gasteiger partial charge >= 0.3 is 0 Å². The second-order valence-corrected chi connectivity index (χ2v) is 3.15. The summed E-state index contributed by atoms with van der Waals surface area (Å²) in [5.74, 6) is 0.264. The van der Waals surface area contributed by atoms with E-state index in [1.165, 1.54) is 23.5 Å². The smallest absolute Gasteiger partial charge is 0.199 e. The average Bonchev–Trinajstić information content (AvgIpc) is 2.84. The minimum absolute atomic E-state index is 0.264. The van der Waals surface area contributed by atoms with Crippen LogP contribution in [-0.4, -0.2) is 18.5 Å². The van der Waals surface area contributed by atoms with E-state index in [1.54, 1.807) is 0 Å². The van der Waals surface area contributed by atoms with Crippen LogP contribution in [0.15, 0.2) is 41.1 Å². The summed E-state index contributed by atoms with van der Waals surface area (Å²) in [6.07, 6.45) is 2.02. The summed E-state index contributed by atoms with van der Waals surface area (Å²) in [4.78, 5) is 9.73. The van der Waals surface area contributed by atoms with Gasteiger partial charge in [-0.15, -0.1) is 0 Å². The SMILES string of the molecule is CNc1ccc(C)cc1.O=Cc1ccno1. The molecule has 2 aromatic rings. The number of nitrogens with zero attached hydrogens (tertiary/aromatic N) is 1. The Morgan fingerprint density at radius 3 is 2.31 bits per heavy atom. The number of aldehydes is 1. The third kappa shape index (κ3) is 3.96. The van der Waals surface area contributed by atoms with Gasteiger partial charge in [-0.2, -0.15) is 0 Å². The molecule has 1 aromatic heterocycles. The van der Waals surface area contributed by atoms with Crippen LogP contribution >= 0.6 is 0 Å². The van der Waals surface area contributed by atoms with E-state index in [9.17, 15) is 4.79 Å². The first-order valence-corrected chi connectivity index (χ1v) is 4.86. The highest BCUT2D eigenvalue weighted by atomic mass is 16.5. The van der Waals surface area contributed by atoms with Crippen molar-refractivity contribution in [3.63, 3.8) is 0 Å². The topological polar surface area (TPSA) is 55.1 Å². The van der Waals surface area contributed by atoms with Crippen molar-refractivity contribution in [2.24, 2.45) is 0 Å². The molecule has 1 heterocycles. The van der Waals surface area contributed by atoms with Crippen LogP contribution < -0.4 is 5.32 Å². The fourth-order valence-electron chi connectivity index (χ4n) is 1.01. The summed E-state index contributed by atoms with van der Waals surface area (Å²) in [6, 6.07) is 9.80. The predicted molar refractivity (Wildman–Crippen MR) is 62.6 cm³/mol. The molecule has 0 unspecified atom stereocenters. The molecule has 16 heavy (non-hydrogen) atoms. The van der Waals surface area contributed by atoms with E-state index in [0.717, 1.165) is 0 Å². The van der Waals surface area contributed by atoms with Gasteiger partial charge in [-0.1, -0.05) is 22.9 Å². The Morgan fingerprint density at radius 1 is 1.25 bits per heavy atom. The van der Waals surface area contributed by atoms with Gasteiger partial charge in [-0.25, -0.2) is 0 Å². The summed E-state index contributed by atoms with van der Waals surface area (Å²) >= 11 is 0. The molecule has 1 aromatic carbocycles. The number of rotatable bonds is 2. The van der Waals surface area contributed by atoms with Crippen molar-refractivity contribution in [2.75, 3.05) is 12.4 Å². The van der Waals surface area contributed by atoms with Crippen molar-refractivity contribution in [1.29, 1.82) is 0 Å². The highest BCUT2D eigenvalue weighted by Gasteiger charge is 1.87. The van der Waals surface area contributed by atoms with Gasteiger partial charge in [0.15, 0.2) is 12.0 Å². The van der Waals surface area contributed by atoms with Crippen LogP contribution in [0.2, 0.25) is 0 Å². The fourth-order valence-corrected chi connectivity index (χ4v) is 1.01. The van der Waals surface area contributed by atoms with Crippen molar-refractivity contribution in [2.45, 2.75) is 6.92 Å². The van der Waals surface area contributed by atoms with Crippen molar-refractivity contribution in [3.8, 4) is 0 Å². The van der Waals surface area contributed by atoms with Crippen LogP contribution in [-0.2, 0) is 0 Å². The van der Waals surface area contributed by atoms with Gasteiger partial charge in [0, 0.05) is 18.8 Å². The van der Waals surface area contributed by atoms with Crippen LogP contribution in [0.5, 0.6) is 0 Å². The second kappa shape index (κ2) is 6.40. The Bertz CT molecular complexity index is 407. The van der Waals surface area contributed by atoms with Crippen LogP contribution in [0.4, 0.5) is 5.69 Å². The van der Waals surface area contributed by atoms with E-state index in [1.807, 2.05) is 7.05 Å². The third-order valence-corrected chi connectivity index (χ3v) is 1.91. The molecule has 0 aliphatic rings. The van der Waals surface area contributed by atoms with Gasteiger partial charge in [-0.3, -0.25) is 4.79 Å². The number of carbonyl (C=O) groups excluding carboxylic acids is 1. The lowest BCUT2D eigenvalue weighted by molar-refractivity contribution is 0.109. The van der Waals surface area contributed by atoms with Crippen LogP contribution in [0.3, 0.4) is 0 Å².